The van der Waals surface area contributed by atoms with Gasteiger partial charge < -0.3 is 0 Å². The van der Waals surface area contributed by atoms with Crippen LogP contribution in [0.15, 0.2) is 42.5 Å². The van der Waals surface area contributed by atoms with Gasteiger partial charge in [-0.25, -0.2) is 9.68 Å². The lowest BCUT2D eigenvalue weighted by Gasteiger charge is -2.00. The van der Waals surface area contributed by atoms with Gasteiger partial charge in [0.1, 0.15) is 0 Å². The van der Waals surface area contributed by atoms with Gasteiger partial charge in [-0.05, 0) is 19.1 Å². The highest BCUT2D eigenvalue weighted by molar-refractivity contribution is 5.81. The van der Waals surface area contributed by atoms with Gasteiger partial charge in [-0.2, -0.15) is 0 Å². The summed E-state index contributed by atoms with van der Waals surface area (Å²) in [6, 6.07) is 8.82. The lowest BCUT2D eigenvalue weighted by molar-refractivity contribution is -0.207. The Morgan fingerprint density at radius 2 is 2.00 bits per heavy atom. The zero-order valence-corrected chi connectivity index (χ0v) is 7.27. The van der Waals surface area contributed by atoms with Gasteiger partial charge in [0.2, 0.25) is 0 Å². The average Bonchev–Trinajstić information content (AvgIpc) is 2.17. The molecule has 0 spiro atoms. The van der Waals surface area contributed by atoms with Crippen LogP contribution in [-0.2, 0) is 9.68 Å². The summed E-state index contributed by atoms with van der Waals surface area (Å²) in [5.74, 6) is -0.0216. The van der Waals surface area contributed by atoms with E-state index in [9.17, 15) is 4.79 Å². The Kier molecular flexibility index (Phi) is 3.57. The van der Waals surface area contributed by atoms with Gasteiger partial charge in [0, 0.05) is 6.08 Å². The summed E-state index contributed by atoms with van der Waals surface area (Å²) in [4.78, 5) is 19.9. The summed E-state index contributed by atoms with van der Waals surface area (Å²) in [7, 11) is 0. The molecular formula is C10H10O3. The molecule has 1 aromatic carbocycles. The topological polar surface area (TPSA) is 35.5 Å². The van der Waals surface area contributed by atoms with Crippen LogP contribution < -0.4 is 4.89 Å². The number of hydrogen-bond acceptors (Lipinski definition) is 3. The van der Waals surface area contributed by atoms with E-state index in [1.807, 2.05) is 6.07 Å². The molecule has 0 bridgehead atoms. The van der Waals surface area contributed by atoms with Crippen LogP contribution in [0, 0.1) is 0 Å². The minimum atomic E-state index is -0.522. The van der Waals surface area contributed by atoms with E-state index in [1.165, 1.54) is 6.08 Å². The number of benzene rings is 1. The Morgan fingerprint density at radius 3 is 2.62 bits per heavy atom. The Bertz CT molecular complexity index is 290. The molecular weight excluding hydrogens is 168 g/mol. The van der Waals surface area contributed by atoms with Gasteiger partial charge in [0.25, 0.3) is 0 Å². The molecule has 0 saturated carbocycles. The number of para-hydroxylation sites is 1. The van der Waals surface area contributed by atoms with Crippen molar-refractivity contribution >= 4 is 5.97 Å². The van der Waals surface area contributed by atoms with Crippen LogP contribution in [0.25, 0.3) is 0 Å². The van der Waals surface area contributed by atoms with E-state index in [-0.39, 0.29) is 0 Å². The number of hydrogen-bond donors (Lipinski definition) is 0. The van der Waals surface area contributed by atoms with E-state index in [0.29, 0.717) is 5.75 Å². The molecule has 3 heteroatoms. The van der Waals surface area contributed by atoms with Gasteiger partial charge in [-0.1, -0.05) is 24.3 Å². The molecule has 1 rings (SSSR count). The number of rotatable bonds is 3. The molecule has 3 nitrogen and oxygen atoms in total. The average molecular weight is 178 g/mol. The maximum Gasteiger partial charge on any atom is 0.378 e. The minimum absolute atomic E-state index is 0.500. The summed E-state index contributed by atoms with van der Waals surface area (Å²) in [6.45, 7) is 1.73. The quantitative estimate of drug-likeness (QED) is 0.404. The standard InChI is InChI=1S/C10H10O3/c1-2-6-10(11)13-12-9-7-4-3-5-8-9/h2-8H,1H3. The zero-order chi connectivity index (χ0) is 9.52. The van der Waals surface area contributed by atoms with Crippen LogP contribution >= 0.6 is 0 Å². The molecule has 0 N–H and O–H groups in total. The Morgan fingerprint density at radius 1 is 1.31 bits per heavy atom. The van der Waals surface area contributed by atoms with Gasteiger partial charge in [0.15, 0.2) is 5.75 Å². The monoisotopic (exact) mass is 178 g/mol. The molecule has 0 heterocycles. The van der Waals surface area contributed by atoms with Crippen molar-refractivity contribution in [2.45, 2.75) is 6.92 Å². The van der Waals surface area contributed by atoms with Crippen LogP contribution in [0.2, 0.25) is 0 Å². The van der Waals surface area contributed by atoms with E-state index in [0.717, 1.165) is 0 Å². The fourth-order valence-electron chi connectivity index (χ4n) is 0.729. The van der Waals surface area contributed by atoms with Crippen molar-refractivity contribution in [1.82, 2.24) is 0 Å². The van der Waals surface area contributed by atoms with Crippen molar-refractivity contribution in [2.75, 3.05) is 0 Å². The van der Waals surface area contributed by atoms with Gasteiger partial charge in [-0.15, -0.1) is 0 Å². The Labute approximate surface area is 76.5 Å². The second-order valence-corrected chi connectivity index (χ2v) is 2.30. The van der Waals surface area contributed by atoms with E-state index in [1.54, 1.807) is 37.3 Å². The second-order valence-electron chi connectivity index (χ2n) is 2.30. The normalized spacial score (nSPS) is 9.92. The lowest BCUT2D eigenvalue weighted by Crippen LogP contribution is -2.04. The number of carbonyl (C=O) groups is 1. The summed E-state index contributed by atoms with van der Waals surface area (Å²) in [6.07, 6.45) is 2.86. The largest absolute Gasteiger partial charge is 0.378 e. The lowest BCUT2D eigenvalue weighted by atomic mass is 10.3. The van der Waals surface area contributed by atoms with Crippen molar-refractivity contribution in [1.29, 1.82) is 0 Å². The summed E-state index contributed by atoms with van der Waals surface area (Å²) < 4.78 is 0. The molecule has 0 aliphatic heterocycles. The molecule has 0 saturated heterocycles. The van der Waals surface area contributed by atoms with E-state index >= 15 is 0 Å². The van der Waals surface area contributed by atoms with E-state index in [4.69, 9.17) is 4.89 Å². The zero-order valence-electron chi connectivity index (χ0n) is 7.27. The molecule has 13 heavy (non-hydrogen) atoms. The predicted molar refractivity (Wildman–Crippen MR) is 48.0 cm³/mol. The second kappa shape index (κ2) is 4.98. The van der Waals surface area contributed by atoms with Crippen LogP contribution in [0.3, 0.4) is 0 Å². The molecule has 68 valence electrons. The van der Waals surface area contributed by atoms with Crippen molar-refractivity contribution in [3.05, 3.63) is 42.5 Å². The first kappa shape index (κ1) is 9.32. The van der Waals surface area contributed by atoms with Crippen molar-refractivity contribution < 1.29 is 14.6 Å². The van der Waals surface area contributed by atoms with Crippen molar-refractivity contribution in [2.24, 2.45) is 0 Å². The fourth-order valence-corrected chi connectivity index (χ4v) is 0.729. The van der Waals surface area contributed by atoms with Gasteiger partial charge in [-0.3, -0.25) is 4.89 Å². The van der Waals surface area contributed by atoms with Gasteiger partial charge >= 0.3 is 5.97 Å². The van der Waals surface area contributed by atoms with E-state index < -0.39 is 5.97 Å². The van der Waals surface area contributed by atoms with Crippen molar-refractivity contribution in [3.8, 4) is 5.75 Å². The van der Waals surface area contributed by atoms with E-state index in [2.05, 4.69) is 4.89 Å². The molecule has 0 aliphatic rings. The molecule has 0 atom stereocenters. The third-order valence-corrected chi connectivity index (χ3v) is 1.27. The highest BCUT2D eigenvalue weighted by Crippen LogP contribution is 2.08. The third-order valence-electron chi connectivity index (χ3n) is 1.27. The SMILES string of the molecule is CC=CC(=O)OOc1ccccc1. The first-order valence-electron chi connectivity index (χ1n) is 3.89. The van der Waals surface area contributed by atoms with Crippen molar-refractivity contribution in [3.63, 3.8) is 0 Å². The molecule has 0 aliphatic carbocycles. The summed E-state index contributed by atoms with van der Waals surface area (Å²) >= 11 is 0. The fraction of sp³-hybridized carbons (Fsp3) is 0.100. The molecule has 0 unspecified atom stereocenters. The Balaban J connectivity index is 2.40. The third kappa shape index (κ3) is 3.42. The number of carbonyl (C=O) groups excluding carboxylic acids is 1. The summed E-state index contributed by atoms with van der Waals surface area (Å²) in [5, 5.41) is 0. The predicted octanol–water partition coefficient (Wildman–Crippen LogP) is 2.10. The summed E-state index contributed by atoms with van der Waals surface area (Å²) in [5.41, 5.74) is 0. The molecule has 0 fully saturated rings. The molecule has 0 amide bonds. The van der Waals surface area contributed by atoms with Crippen LogP contribution in [0.4, 0.5) is 0 Å². The smallest absolute Gasteiger partial charge is 0.287 e. The number of allylic oxidation sites excluding steroid dienone is 1. The van der Waals surface area contributed by atoms with Gasteiger partial charge in [0.05, 0.1) is 0 Å². The highest BCUT2D eigenvalue weighted by atomic mass is 17.2. The van der Waals surface area contributed by atoms with Crippen LogP contribution in [0.1, 0.15) is 6.92 Å². The Hall–Kier alpha value is -1.77. The molecule has 1 aromatic rings. The first-order chi connectivity index (χ1) is 6.33. The first-order valence-corrected chi connectivity index (χ1v) is 3.89. The highest BCUT2D eigenvalue weighted by Gasteiger charge is 1.98. The maximum atomic E-state index is 10.8. The minimum Gasteiger partial charge on any atom is -0.287 e. The maximum absolute atomic E-state index is 10.8. The van der Waals surface area contributed by atoms with Crippen LogP contribution in [-0.4, -0.2) is 5.97 Å². The molecule has 0 aromatic heterocycles. The molecule has 0 radical (unpaired) electrons. The van der Waals surface area contributed by atoms with Crippen LogP contribution in [0.5, 0.6) is 5.75 Å².